The fraction of sp³-hybridized carbons (Fsp3) is 0.364. The highest BCUT2D eigenvalue weighted by Gasteiger charge is 2.34. The van der Waals surface area contributed by atoms with Crippen molar-refractivity contribution in [1.29, 1.82) is 0 Å². The molecule has 0 aliphatic carbocycles. The molecule has 1 heterocycles. The average molecular weight is 350 g/mol. The zero-order valence-electron chi connectivity index (χ0n) is 16.0. The molecule has 4 heteroatoms. The van der Waals surface area contributed by atoms with Crippen molar-refractivity contribution in [3.8, 4) is 0 Å². The van der Waals surface area contributed by atoms with Gasteiger partial charge in [-0.25, -0.2) is 0 Å². The van der Waals surface area contributed by atoms with E-state index in [1.165, 1.54) is 22.4 Å². The Kier molecular flexibility index (Phi) is 4.86. The van der Waals surface area contributed by atoms with Crippen LogP contribution >= 0.6 is 0 Å². The second-order valence-corrected chi connectivity index (χ2v) is 7.26. The van der Waals surface area contributed by atoms with Gasteiger partial charge in [0.1, 0.15) is 0 Å². The third-order valence-electron chi connectivity index (χ3n) is 5.48. The molecule has 136 valence electrons. The Morgan fingerprint density at radius 1 is 1.12 bits per heavy atom. The molecule has 0 aromatic heterocycles. The molecule has 0 N–H and O–H groups in total. The molecular formula is C22H26N2O2. The van der Waals surface area contributed by atoms with E-state index in [4.69, 9.17) is 0 Å². The molecule has 26 heavy (non-hydrogen) atoms. The number of aryl methyl sites for hydroxylation is 1. The van der Waals surface area contributed by atoms with Crippen LogP contribution < -0.4 is 4.90 Å². The summed E-state index contributed by atoms with van der Waals surface area (Å²) in [7, 11) is 0. The highest BCUT2D eigenvalue weighted by Crippen LogP contribution is 2.43. The van der Waals surface area contributed by atoms with Gasteiger partial charge in [-0.05, 0) is 50.0 Å². The predicted octanol–water partition coefficient (Wildman–Crippen LogP) is 5.89. The molecule has 0 spiro atoms. The maximum Gasteiger partial charge on any atom is 0.269 e. The summed E-state index contributed by atoms with van der Waals surface area (Å²) >= 11 is 0. The van der Waals surface area contributed by atoms with E-state index in [2.05, 4.69) is 56.9 Å². The second-order valence-electron chi connectivity index (χ2n) is 7.26. The zero-order valence-corrected chi connectivity index (χ0v) is 16.0. The van der Waals surface area contributed by atoms with Crippen molar-refractivity contribution >= 4 is 16.9 Å². The number of hydrogen-bond donors (Lipinski definition) is 0. The summed E-state index contributed by atoms with van der Waals surface area (Å²) in [6.45, 7) is 9.55. The molecule has 1 aliphatic rings. The van der Waals surface area contributed by atoms with Crippen LogP contribution in [0.25, 0.3) is 5.57 Å². The molecule has 0 radical (unpaired) electrons. The molecule has 0 saturated carbocycles. The van der Waals surface area contributed by atoms with Gasteiger partial charge < -0.3 is 4.90 Å². The Balaban J connectivity index is 2.04. The van der Waals surface area contributed by atoms with Crippen LogP contribution in [0.3, 0.4) is 0 Å². The lowest BCUT2D eigenvalue weighted by Crippen LogP contribution is -2.46. The van der Waals surface area contributed by atoms with Gasteiger partial charge in [0.15, 0.2) is 0 Å². The fourth-order valence-corrected chi connectivity index (χ4v) is 3.71. The number of nitro groups is 1. The van der Waals surface area contributed by atoms with E-state index in [1.54, 1.807) is 12.1 Å². The predicted molar refractivity (Wildman–Crippen MR) is 107 cm³/mol. The van der Waals surface area contributed by atoms with Crippen molar-refractivity contribution < 1.29 is 4.92 Å². The Bertz CT molecular complexity index is 855. The summed E-state index contributed by atoms with van der Waals surface area (Å²) in [5, 5.41) is 10.9. The van der Waals surface area contributed by atoms with Gasteiger partial charge in [0.2, 0.25) is 0 Å². The lowest BCUT2D eigenvalue weighted by Gasteiger charge is -2.45. The SMILES string of the molecule is CCC1=C[C@@](C)(CC)N(Cc2ccc([N+](=O)[O-])cc2)c2ccc(C)cc21. The molecule has 2 aromatic rings. The number of hydrogen-bond acceptors (Lipinski definition) is 3. The minimum atomic E-state index is -0.352. The van der Waals surface area contributed by atoms with Crippen LogP contribution in [0.2, 0.25) is 0 Å². The second kappa shape index (κ2) is 6.94. The minimum absolute atomic E-state index is 0.0740. The van der Waals surface area contributed by atoms with Crippen LogP contribution in [-0.2, 0) is 6.54 Å². The van der Waals surface area contributed by atoms with Gasteiger partial charge in [-0.3, -0.25) is 10.1 Å². The fourth-order valence-electron chi connectivity index (χ4n) is 3.71. The number of benzene rings is 2. The molecule has 0 bridgehead atoms. The number of rotatable bonds is 5. The largest absolute Gasteiger partial charge is 0.358 e. The minimum Gasteiger partial charge on any atom is -0.358 e. The van der Waals surface area contributed by atoms with Crippen LogP contribution in [-0.4, -0.2) is 10.5 Å². The Morgan fingerprint density at radius 3 is 2.38 bits per heavy atom. The van der Waals surface area contributed by atoms with Crippen LogP contribution in [0.15, 0.2) is 48.5 Å². The Morgan fingerprint density at radius 2 is 1.81 bits per heavy atom. The van der Waals surface area contributed by atoms with Gasteiger partial charge in [0.25, 0.3) is 5.69 Å². The van der Waals surface area contributed by atoms with Crippen LogP contribution in [0.1, 0.15) is 50.3 Å². The molecule has 4 nitrogen and oxygen atoms in total. The first-order valence-electron chi connectivity index (χ1n) is 9.21. The number of nitro benzene ring substituents is 1. The van der Waals surface area contributed by atoms with Crippen molar-refractivity contribution in [2.75, 3.05) is 4.90 Å². The maximum atomic E-state index is 10.9. The summed E-state index contributed by atoms with van der Waals surface area (Å²) in [6, 6.07) is 13.5. The van der Waals surface area contributed by atoms with E-state index in [9.17, 15) is 10.1 Å². The molecule has 0 unspecified atom stereocenters. The molecule has 1 aliphatic heterocycles. The Labute approximate surface area is 155 Å². The van der Waals surface area contributed by atoms with Gasteiger partial charge in [-0.1, -0.05) is 43.7 Å². The summed E-state index contributed by atoms with van der Waals surface area (Å²) < 4.78 is 0. The normalized spacial score (nSPS) is 19.1. The van der Waals surface area contributed by atoms with Gasteiger partial charge in [-0.2, -0.15) is 0 Å². The first-order valence-corrected chi connectivity index (χ1v) is 9.21. The molecule has 0 fully saturated rings. The van der Waals surface area contributed by atoms with E-state index in [-0.39, 0.29) is 16.1 Å². The van der Waals surface area contributed by atoms with Gasteiger partial charge >= 0.3 is 0 Å². The number of nitrogens with zero attached hydrogens (tertiary/aromatic N) is 2. The summed E-state index contributed by atoms with van der Waals surface area (Å²) in [5.74, 6) is 0. The smallest absolute Gasteiger partial charge is 0.269 e. The van der Waals surface area contributed by atoms with E-state index >= 15 is 0 Å². The number of fused-ring (bicyclic) bond motifs is 1. The summed E-state index contributed by atoms with van der Waals surface area (Å²) in [5.41, 5.74) is 6.35. The highest BCUT2D eigenvalue weighted by molar-refractivity contribution is 5.82. The summed E-state index contributed by atoms with van der Waals surface area (Å²) in [6.07, 6.45) is 4.41. The van der Waals surface area contributed by atoms with Crippen molar-refractivity contribution in [3.63, 3.8) is 0 Å². The van der Waals surface area contributed by atoms with Crippen molar-refractivity contribution in [2.45, 2.75) is 52.6 Å². The third kappa shape index (κ3) is 3.24. The lowest BCUT2D eigenvalue weighted by atomic mass is 9.83. The van der Waals surface area contributed by atoms with Crippen LogP contribution in [0, 0.1) is 17.0 Å². The highest BCUT2D eigenvalue weighted by atomic mass is 16.6. The van der Waals surface area contributed by atoms with Crippen LogP contribution in [0.5, 0.6) is 0 Å². The van der Waals surface area contributed by atoms with Crippen molar-refractivity contribution in [3.05, 3.63) is 75.3 Å². The van der Waals surface area contributed by atoms with Gasteiger partial charge in [0.05, 0.1) is 10.5 Å². The molecular weight excluding hydrogens is 324 g/mol. The van der Waals surface area contributed by atoms with E-state index in [0.717, 1.165) is 24.9 Å². The first-order chi connectivity index (χ1) is 12.4. The van der Waals surface area contributed by atoms with E-state index < -0.39 is 0 Å². The topological polar surface area (TPSA) is 46.4 Å². The first kappa shape index (κ1) is 18.2. The Hall–Kier alpha value is -2.62. The zero-order chi connectivity index (χ0) is 18.9. The van der Waals surface area contributed by atoms with E-state index in [0.29, 0.717) is 0 Å². The molecule has 2 aromatic carbocycles. The molecule has 0 amide bonds. The summed E-state index contributed by atoms with van der Waals surface area (Å²) in [4.78, 5) is 13.0. The third-order valence-corrected chi connectivity index (χ3v) is 5.48. The quantitative estimate of drug-likeness (QED) is 0.499. The average Bonchev–Trinajstić information content (AvgIpc) is 2.64. The van der Waals surface area contributed by atoms with Crippen molar-refractivity contribution in [2.24, 2.45) is 0 Å². The number of non-ortho nitro benzene ring substituents is 1. The molecule has 1 atom stereocenters. The van der Waals surface area contributed by atoms with Gasteiger partial charge in [0, 0.05) is 29.9 Å². The number of anilines is 1. The monoisotopic (exact) mass is 350 g/mol. The van der Waals surface area contributed by atoms with E-state index in [1.807, 2.05) is 12.1 Å². The van der Waals surface area contributed by atoms with Crippen molar-refractivity contribution in [1.82, 2.24) is 0 Å². The molecule has 0 saturated heterocycles. The van der Waals surface area contributed by atoms with Crippen LogP contribution in [0.4, 0.5) is 11.4 Å². The standard InChI is InChI=1S/C22H26N2O2/c1-5-18-14-22(4,6-2)23(21-12-7-16(3)13-20(18)21)15-17-8-10-19(11-9-17)24(25)26/h7-14H,5-6,15H2,1-4H3/t22-/m1/s1. The maximum absolute atomic E-state index is 10.9. The molecule has 3 rings (SSSR count). The van der Waals surface area contributed by atoms with Gasteiger partial charge in [-0.15, -0.1) is 0 Å². The number of allylic oxidation sites excluding steroid dienone is 1. The lowest BCUT2D eigenvalue weighted by molar-refractivity contribution is -0.384.